The van der Waals surface area contributed by atoms with Crippen molar-refractivity contribution < 1.29 is 24.2 Å². The highest BCUT2D eigenvalue weighted by atomic mass is 16.5. The van der Waals surface area contributed by atoms with Gasteiger partial charge in [-0.1, -0.05) is 6.07 Å². The maximum absolute atomic E-state index is 12.1. The van der Waals surface area contributed by atoms with Gasteiger partial charge in [0.15, 0.2) is 0 Å². The molecule has 2 rings (SSSR count). The van der Waals surface area contributed by atoms with Crippen molar-refractivity contribution in [3.05, 3.63) is 24.3 Å². The fraction of sp³-hybridized carbons (Fsp3) is 0.308. The molecule has 1 saturated heterocycles. The summed E-state index contributed by atoms with van der Waals surface area (Å²) in [5.41, 5.74) is 0.405. The summed E-state index contributed by atoms with van der Waals surface area (Å²) >= 11 is 0. The Labute approximate surface area is 109 Å². The molecule has 0 spiro atoms. The Morgan fingerprint density at radius 3 is 2.84 bits per heavy atom. The Kier molecular flexibility index (Phi) is 3.50. The summed E-state index contributed by atoms with van der Waals surface area (Å²) < 4.78 is 5.03. The average Bonchev–Trinajstić information content (AvgIpc) is 2.64. The molecule has 0 aliphatic carbocycles. The molecule has 0 aromatic heterocycles. The summed E-state index contributed by atoms with van der Waals surface area (Å²) in [7, 11) is 1.49. The lowest BCUT2D eigenvalue weighted by molar-refractivity contribution is -0.140. The van der Waals surface area contributed by atoms with Crippen molar-refractivity contribution in [1.82, 2.24) is 0 Å². The summed E-state index contributed by atoms with van der Waals surface area (Å²) in [4.78, 5) is 35.6. The first-order valence-electron chi connectivity index (χ1n) is 5.75. The molecule has 1 heterocycles. The second kappa shape index (κ2) is 5.09. The van der Waals surface area contributed by atoms with E-state index in [-0.39, 0.29) is 18.7 Å². The van der Waals surface area contributed by atoms with Gasteiger partial charge in [-0.25, -0.2) is 0 Å². The quantitative estimate of drug-likeness (QED) is 0.821. The number of anilines is 1. The highest BCUT2D eigenvalue weighted by Crippen LogP contribution is 2.30. The van der Waals surface area contributed by atoms with Crippen LogP contribution in [0.1, 0.15) is 12.8 Å². The molecule has 1 aliphatic heterocycles. The van der Waals surface area contributed by atoms with E-state index >= 15 is 0 Å². The molecular weight excluding hydrogens is 250 g/mol. The molecule has 6 heteroatoms. The molecular formula is C13H13NO5. The minimum atomic E-state index is -1.08. The number of amides is 2. The van der Waals surface area contributed by atoms with E-state index in [0.29, 0.717) is 11.4 Å². The van der Waals surface area contributed by atoms with E-state index in [2.05, 4.69) is 0 Å². The number of rotatable bonds is 4. The van der Waals surface area contributed by atoms with E-state index < -0.39 is 17.8 Å². The third kappa shape index (κ3) is 2.57. The monoisotopic (exact) mass is 263 g/mol. The van der Waals surface area contributed by atoms with Crippen LogP contribution in [0.4, 0.5) is 5.69 Å². The van der Waals surface area contributed by atoms with Gasteiger partial charge in [0, 0.05) is 12.5 Å². The van der Waals surface area contributed by atoms with Gasteiger partial charge in [-0.05, 0) is 12.1 Å². The first kappa shape index (κ1) is 13.1. The Hall–Kier alpha value is -2.37. The number of methoxy groups -OCH3 is 1. The number of ether oxygens (including phenoxy) is 1. The standard InChI is InChI=1S/C13H13NO5/c1-19-10-4-2-3-9(7-10)14-11(15)5-8(13(14)18)6-12(16)17/h2-4,7-8H,5-6H2,1H3,(H,16,17)/t8-/m0/s1. The minimum Gasteiger partial charge on any atom is -0.497 e. The number of carbonyl (C=O) groups is 3. The maximum atomic E-state index is 12.1. The number of benzene rings is 1. The Morgan fingerprint density at radius 1 is 1.47 bits per heavy atom. The predicted molar refractivity (Wildman–Crippen MR) is 65.8 cm³/mol. The number of hydrogen-bond donors (Lipinski definition) is 1. The predicted octanol–water partition coefficient (Wildman–Crippen LogP) is 1.05. The molecule has 6 nitrogen and oxygen atoms in total. The highest BCUT2D eigenvalue weighted by molar-refractivity contribution is 6.21. The molecule has 0 radical (unpaired) electrons. The smallest absolute Gasteiger partial charge is 0.304 e. The van der Waals surface area contributed by atoms with Crippen LogP contribution < -0.4 is 9.64 Å². The van der Waals surface area contributed by atoms with Crippen molar-refractivity contribution in [2.75, 3.05) is 12.0 Å². The molecule has 100 valence electrons. The average molecular weight is 263 g/mol. The van der Waals surface area contributed by atoms with Crippen LogP contribution in [0.5, 0.6) is 5.75 Å². The second-order valence-corrected chi connectivity index (χ2v) is 4.27. The third-order valence-electron chi connectivity index (χ3n) is 2.97. The van der Waals surface area contributed by atoms with Crippen LogP contribution in [0, 0.1) is 5.92 Å². The number of carboxylic acid groups (broad SMARTS) is 1. The normalized spacial score (nSPS) is 18.8. The van der Waals surface area contributed by atoms with Crippen molar-refractivity contribution in [2.45, 2.75) is 12.8 Å². The molecule has 1 aromatic rings. The molecule has 1 N–H and O–H groups in total. The van der Waals surface area contributed by atoms with Gasteiger partial charge in [0.2, 0.25) is 11.8 Å². The summed E-state index contributed by atoms with van der Waals surface area (Å²) in [5, 5.41) is 8.71. The molecule has 1 fully saturated rings. The fourth-order valence-electron chi connectivity index (χ4n) is 2.09. The number of aliphatic carboxylic acids is 1. The van der Waals surface area contributed by atoms with Gasteiger partial charge in [0.05, 0.1) is 25.1 Å². The second-order valence-electron chi connectivity index (χ2n) is 4.27. The van der Waals surface area contributed by atoms with Gasteiger partial charge in [0.1, 0.15) is 5.75 Å². The van der Waals surface area contributed by atoms with Crippen molar-refractivity contribution >= 4 is 23.5 Å². The Bertz CT molecular complexity index is 540. The summed E-state index contributed by atoms with van der Waals surface area (Å²) in [6.45, 7) is 0. The molecule has 1 aromatic carbocycles. The van der Waals surface area contributed by atoms with Crippen LogP contribution in [-0.4, -0.2) is 30.0 Å². The maximum Gasteiger partial charge on any atom is 0.304 e. The first-order valence-corrected chi connectivity index (χ1v) is 5.75. The molecule has 2 amide bonds. The number of imide groups is 1. The molecule has 0 unspecified atom stereocenters. The summed E-state index contributed by atoms with van der Waals surface area (Å²) in [5.74, 6) is -2.19. The number of carbonyl (C=O) groups excluding carboxylic acids is 2. The molecule has 0 saturated carbocycles. The Balaban J connectivity index is 2.26. The third-order valence-corrected chi connectivity index (χ3v) is 2.97. The van der Waals surface area contributed by atoms with Gasteiger partial charge < -0.3 is 9.84 Å². The molecule has 1 aliphatic rings. The number of carboxylic acids is 1. The van der Waals surface area contributed by atoms with Crippen molar-refractivity contribution in [3.63, 3.8) is 0 Å². The van der Waals surface area contributed by atoms with Crippen LogP contribution in [-0.2, 0) is 14.4 Å². The fourth-order valence-corrected chi connectivity index (χ4v) is 2.09. The number of hydrogen-bond acceptors (Lipinski definition) is 4. The van der Waals surface area contributed by atoms with Crippen molar-refractivity contribution in [1.29, 1.82) is 0 Å². The molecule has 19 heavy (non-hydrogen) atoms. The van der Waals surface area contributed by atoms with Gasteiger partial charge in [-0.15, -0.1) is 0 Å². The van der Waals surface area contributed by atoms with E-state index in [9.17, 15) is 14.4 Å². The summed E-state index contributed by atoms with van der Waals surface area (Å²) in [6.07, 6.45) is -0.395. The van der Waals surface area contributed by atoms with Gasteiger partial charge in [-0.2, -0.15) is 0 Å². The van der Waals surface area contributed by atoms with Crippen LogP contribution in [0.15, 0.2) is 24.3 Å². The van der Waals surface area contributed by atoms with Gasteiger partial charge >= 0.3 is 5.97 Å². The van der Waals surface area contributed by atoms with E-state index in [1.54, 1.807) is 24.3 Å². The van der Waals surface area contributed by atoms with E-state index in [1.165, 1.54) is 7.11 Å². The van der Waals surface area contributed by atoms with E-state index in [1.807, 2.05) is 0 Å². The molecule has 0 bridgehead atoms. The zero-order chi connectivity index (χ0) is 14.0. The lowest BCUT2D eigenvalue weighted by Crippen LogP contribution is -2.30. The lowest BCUT2D eigenvalue weighted by atomic mass is 10.0. The van der Waals surface area contributed by atoms with Crippen LogP contribution in [0.25, 0.3) is 0 Å². The van der Waals surface area contributed by atoms with Crippen molar-refractivity contribution in [2.24, 2.45) is 5.92 Å². The van der Waals surface area contributed by atoms with Crippen LogP contribution >= 0.6 is 0 Å². The first-order chi connectivity index (χ1) is 9.02. The lowest BCUT2D eigenvalue weighted by Gasteiger charge is -2.15. The topological polar surface area (TPSA) is 83.9 Å². The van der Waals surface area contributed by atoms with Crippen LogP contribution in [0.3, 0.4) is 0 Å². The minimum absolute atomic E-state index is 0.0671. The highest BCUT2D eigenvalue weighted by Gasteiger charge is 2.40. The van der Waals surface area contributed by atoms with Gasteiger partial charge in [-0.3, -0.25) is 19.3 Å². The van der Waals surface area contributed by atoms with E-state index in [4.69, 9.17) is 9.84 Å². The molecule has 1 atom stereocenters. The zero-order valence-corrected chi connectivity index (χ0v) is 10.3. The zero-order valence-electron chi connectivity index (χ0n) is 10.3. The van der Waals surface area contributed by atoms with Crippen LogP contribution in [0.2, 0.25) is 0 Å². The van der Waals surface area contributed by atoms with E-state index in [0.717, 1.165) is 4.90 Å². The Morgan fingerprint density at radius 2 is 2.21 bits per heavy atom. The van der Waals surface area contributed by atoms with Gasteiger partial charge in [0.25, 0.3) is 0 Å². The SMILES string of the molecule is COc1cccc(N2C(=O)C[C@@H](CC(=O)O)C2=O)c1. The number of nitrogens with zero attached hydrogens (tertiary/aromatic N) is 1. The van der Waals surface area contributed by atoms with Crippen molar-refractivity contribution in [3.8, 4) is 5.75 Å². The largest absolute Gasteiger partial charge is 0.497 e. The summed E-state index contributed by atoms with van der Waals surface area (Å²) in [6, 6.07) is 6.54.